The van der Waals surface area contributed by atoms with Crippen molar-refractivity contribution in [3.05, 3.63) is 34.9 Å². The third kappa shape index (κ3) is 3.01. The van der Waals surface area contributed by atoms with Gasteiger partial charge in [-0.15, -0.1) is 0 Å². The van der Waals surface area contributed by atoms with Gasteiger partial charge in [-0.3, -0.25) is 0 Å². The SMILES string of the molecule is NC[C@H](c1ccc(Cl)cc1)[C@@H]1CCCC[C@@H]1O. The summed E-state index contributed by atoms with van der Waals surface area (Å²) in [6.45, 7) is 0.587. The summed E-state index contributed by atoms with van der Waals surface area (Å²) in [5.41, 5.74) is 7.09. The lowest BCUT2D eigenvalue weighted by atomic mass is 9.75. The maximum absolute atomic E-state index is 10.1. The second-order valence-corrected chi connectivity index (χ2v) is 5.35. The molecule has 0 amide bonds. The molecule has 1 aromatic rings. The number of rotatable bonds is 3. The lowest BCUT2D eigenvalue weighted by Gasteiger charge is -2.34. The maximum atomic E-state index is 10.1. The van der Waals surface area contributed by atoms with E-state index < -0.39 is 0 Å². The van der Waals surface area contributed by atoms with Crippen LogP contribution in [-0.4, -0.2) is 17.8 Å². The van der Waals surface area contributed by atoms with E-state index in [0.29, 0.717) is 12.5 Å². The molecule has 17 heavy (non-hydrogen) atoms. The fraction of sp³-hybridized carbons (Fsp3) is 0.571. The van der Waals surface area contributed by atoms with Crippen molar-refractivity contribution in [1.29, 1.82) is 0 Å². The number of aliphatic hydroxyl groups is 1. The van der Waals surface area contributed by atoms with Crippen LogP contribution in [0, 0.1) is 5.92 Å². The number of hydrogen-bond acceptors (Lipinski definition) is 2. The second kappa shape index (κ2) is 5.85. The van der Waals surface area contributed by atoms with E-state index in [4.69, 9.17) is 17.3 Å². The summed E-state index contributed by atoms with van der Waals surface area (Å²) in [5, 5.41) is 10.8. The highest BCUT2D eigenvalue weighted by molar-refractivity contribution is 6.30. The number of halogens is 1. The number of benzene rings is 1. The van der Waals surface area contributed by atoms with E-state index in [1.807, 2.05) is 24.3 Å². The third-order valence-corrected chi connectivity index (χ3v) is 4.10. The Morgan fingerprint density at radius 3 is 2.47 bits per heavy atom. The molecule has 1 aliphatic rings. The van der Waals surface area contributed by atoms with Gasteiger partial charge in [-0.05, 0) is 43.0 Å². The van der Waals surface area contributed by atoms with Crippen molar-refractivity contribution in [3.8, 4) is 0 Å². The monoisotopic (exact) mass is 253 g/mol. The van der Waals surface area contributed by atoms with Crippen molar-refractivity contribution in [3.63, 3.8) is 0 Å². The predicted octanol–water partition coefficient (Wildman–Crippen LogP) is 2.93. The van der Waals surface area contributed by atoms with Crippen LogP contribution >= 0.6 is 11.6 Å². The minimum atomic E-state index is -0.201. The topological polar surface area (TPSA) is 46.2 Å². The van der Waals surface area contributed by atoms with Crippen molar-refractivity contribution in [2.45, 2.75) is 37.7 Å². The first-order valence-electron chi connectivity index (χ1n) is 6.36. The molecule has 2 rings (SSSR count). The van der Waals surface area contributed by atoms with Crippen LogP contribution in [0.25, 0.3) is 0 Å². The van der Waals surface area contributed by atoms with E-state index in [9.17, 15) is 5.11 Å². The highest BCUT2D eigenvalue weighted by Crippen LogP contribution is 2.36. The molecule has 0 heterocycles. The maximum Gasteiger partial charge on any atom is 0.0574 e. The molecule has 0 unspecified atom stereocenters. The van der Waals surface area contributed by atoms with Crippen LogP contribution in [-0.2, 0) is 0 Å². The molecule has 3 heteroatoms. The number of hydrogen-bond donors (Lipinski definition) is 2. The zero-order valence-electron chi connectivity index (χ0n) is 9.98. The Labute approximate surface area is 108 Å². The van der Waals surface area contributed by atoms with Crippen LogP contribution in [0.15, 0.2) is 24.3 Å². The normalized spacial score (nSPS) is 26.8. The second-order valence-electron chi connectivity index (χ2n) is 4.91. The fourth-order valence-corrected chi connectivity index (χ4v) is 3.00. The minimum absolute atomic E-state index is 0.201. The summed E-state index contributed by atoms with van der Waals surface area (Å²) < 4.78 is 0. The molecule has 3 atom stereocenters. The standard InChI is InChI=1S/C14H20ClNO/c15-11-7-5-10(6-8-11)13(9-16)12-3-1-2-4-14(12)17/h5-8,12-14,17H,1-4,9,16H2/t12-,13+,14-/m0/s1. The van der Waals surface area contributed by atoms with Gasteiger partial charge in [-0.2, -0.15) is 0 Å². The lowest BCUT2D eigenvalue weighted by molar-refractivity contribution is 0.0561. The van der Waals surface area contributed by atoms with Crippen molar-refractivity contribution in [1.82, 2.24) is 0 Å². The Balaban J connectivity index is 2.17. The first-order chi connectivity index (χ1) is 8.22. The van der Waals surface area contributed by atoms with Gasteiger partial charge >= 0.3 is 0 Å². The third-order valence-electron chi connectivity index (χ3n) is 3.85. The van der Waals surface area contributed by atoms with E-state index in [1.54, 1.807) is 0 Å². The molecule has 3 N–H and O–H groups in total. The lowest BCUT2D eigenvalue weighted by Crippen LogP contribution is -2.33. The van der Waals surface area contributed by atoms with Crippen LogP contribution in [0.1, 0.15) is 37.2 Å². The molecule has 0 bridgehead atoms. The van der Waals surface area contributed by atoms with Gasteiger partial charge in [0.05, 0.1) is 6.10 Å². The van der Waals surface area contributed by atoms with Crippen LogP contribution < -0.4 is 5.73 Å². The van der Waals surface area contributed by atoms with Crippen LogP contribution in [0.2, 0.25) is 5.02 Å². The van der Waals surface area contributed by atoms with Gasteiger partial charge in [0.25, 0.3) is 0 Å². The first-order valence-corrected chi connectivity index (χ1v) is 6.73. The summed E-state index contributed by atoms with van der Waals surface area (Å²) >= 11 is 5.89. The Morgan fingerprint density at radius 2 is 1.88 bits per heavy atom. The fourth-order valence-electron chi connectivity index (χ4n) is 2.88. The van der Waals surface area contributed by atoms with Crippen molar-refractivity contribution in [2.24, 2.45) is 11.7 Å². The smallest absolute Gasteiger partial charge is 0.0574 e. The summed E-state index contributed by atoms with van der Waals surface area (Å²) in [6, 6.07) is 7.85. The summed E-state index contributed by atoms with van der Waals surface area (Å²) in [6.07, 6.45) is 4.12. The van der Waals surface area contributed by atoms with E-state index in [0.717, 1.165) is 24.3 Å². The van der Waals surface area contributed by atoms with E-state index in [1.165, 1.54) is 12.0 Å². The molecule has 1 saturated carbocycles. The predicted molar refractivity (Wildman–Crippen MR) is 71.2 cm³/mol. The van der Waals surface area contributed by atoms with Crippen LogP contribution in [0.4, 0.5) is 0 Å². The van der Waals surface area contributed by atoms with Crippen molar-refractivity contribution < 1.29 is 5.11 Å². The summed E-state index contributed by atoms with van der Waals surface area (Å²) in [4.78, 5) is 0. The molecule has 1 fully saturated rings. The Bertz CT molecular complexity index is 352. The van der Waals surface area contributed by atoms with Gasteiger partial charge < -0.3 is 10.8 Å². The molecule has 0 radical (unpaired) electrons. The van der Waals surface area contributed by atoms with Gasteiger partial charge in [-0.25, -0.2) is 0 Å². The molecule has 0 aromatic heterocycles. The van der Waals surface area contributed by atoms with E-state index >= 15 is 0 Å². The largest absolute Gasteiger partial charge is 0.393 e. The molecule has 1 aliphatic carbocycles. The number of nitrogens with two attached hydrogens (primary N) is 1. The summed E-state index contributed by atoms with van der Waals surface area (Å²) in [5.74, 6) is 0.553. The van der Waals surface area contributed by atoms with Gasteiger partial charge in [0.15, 0.2) is 0 Å². The molecule has 1 aromatic carbocycles. The van der Waals surface area contributed by atoms with E-state index in [-0.39, 0.29) is 12.0 Å². The average molecular weight is 254 g/mol. The zero-order chi connectivity index (χ0) is 12.3. The van der Waals surface area contributed by atoms with Crippen molar-refractivity contribution >= 4 is 11.6 Å². The quantitative estimate of drug-likeness (QED) is 0.870. The van der Waals surface area contributed by atoms with Gasteiger partial charge in [0.1, 0.15) is 0 Å². The van der Waals surface area contributed by atoms with Crippen LogP contribution in [0.3, 0.4) is 0 Å². The Hall–Kier alpha value is -0.570. The molecule has 0 aliphatic heterocycles. The Kier molecular flexibility index (Phi) is 4.43. The van der Waals surface area contributed by atoms with Gasteiger partial charge in [0, 0.05) is 10.9 Å². The van der Waals surface area contributed by atoms with Crippen LogP contribution in [0.5, 0.6) is 0 Å². The van der Waals surface area contributed by atoms with Gasteiger partial charge in [-0.1, -0.05) is 36.6 Å². The summed E-state index contributed by atoms with van der Waals surface area (Å²) in [7, 11) is 0. The highest BCUT2D eigenvalue weighted by Gasteiger charge is 2.30. The van der Waals surface area contributed by atoms with E-state index in [2.05, 4.69) is 0 Å². The Morgan fingerprint density at radius 1 is 1.24 bits per heavy atom. The molecule has 94 valence electrons. The first kappa shape index (κ1) is 12.9. The average Bonchev–Trinajstić information content (AvgIpc) is 2.35. The number of aliphatic hydroxyl groups excluding tert-OH is 1. The van der Waals surface area contributed by atoms with Crippen molar-refractivity contribution in [2.75, 3.05) is 6.54 Å². The molecule has 0 saturated heterocycles. The minimum Gasteiger partial charge on any atom is -0.393 e. The zero-order valence-corrected chi connectivity index (χ0v) is 10.7. The molecule has 0 spiro atoms. The molecule has 2 nitrogen and oxygen atoms in total. The molecular formula is C14H20ClNO. The highest BCUT2D eigenvalue weighted by atomic mass is 35.5. The molecular weight excluding hydrogens is 234 g/mol. The van der Waals surface area contributed by atoms with Gasteiger partial charge in [0.2, 0.25) is 0 Å².